The van der Waals surface area contributed by atoms with Crippen molar-refractivity contribution in [3.8, 4) is 17.4 Å². The summed E-state index contributed by atoms with van der Waals surface area (Å²) in [6.45, 7) is 9.97. The average molecular weight is 906 g/mol. The highest BCUT2D eigenvalue weighted by molar-refractivity contribution is 7.90. The number of aromatic nitrogens is 3. The molecule has 1 amide bonds. The van der Waals surface area contributed by atoms with Gasteiger partial charge >= 0.3 is 0 Å². The Morgan fingerprint density at radius 3 is 2.40 bits per heavy atom. The number of carbonyl (C=O) groups excluding carboxylic acids is 1. The lowest BCUT2D eigenvalue weighted by Gasteiger charge is -2.39. The number of amides is 1. The van der Waals surface area contributed by atoms with Gasteiger partial charge in [0.1, 0.15) is 39.3 Å². The fraction of sp³-hybridized carbons (Fsp3) is 0.413. The van der Waals surface area contributed by atoms with E-state index in [-0.39, 0.29) is 64.8 Å². The summed E-state index contributed by atoms with van der Waals surface area (Å²) in [7, 11) is -4.50. The van der Waals surface area contributed by atoms with Crippen molar-refractivity contribution in [3.63, 3.8) is 0 Å². The number of piperazine rings is 1. The average Bonchev–Trinajstić information content (AvgIpc) is 3.71. The van der Waals surface area contributed by atoms with Crippen molar-refractivity contribution in [3.05, 3.63) is 106 Å². The molecule has 12 nitrogen and oxygen atoms in total. The second-order valence-corrected chi connectivity index (χ2v) is 20.4. The number of benzene rings is 2. The van der Waals surface area contributed by atoms with E-state index in [1.54, 1.807) is 37.4 Å². The summed E-state index contributed by atoms with van der Waals surface area (Å²) in [4.78, 5) is 29.7. The number of pyridine rings is 2. The van der Waals surface area contributed by atoms with Gasteiger partial charge in [-0.15, -0.1) is 0 Å². The third kappa shape index (κ3) is 10.2. The van der Waals surface area contributed by atoms with Crippen molar-refractivity contribution in [2.45, 2.75) is 81.9 Å². The van der Waals surface area contributed by atoms with E-state index in [4.69, 9.17) is 32.7 Å². The molecule has 2 fully saturated rings. The minimum absolute atomic E-state index is 0.0225. The number of hydrogen-bond donors (Lipinski definition) is 3. The Morgan fingerprint density at radius 1 is 0.935 bits per heavy atom. The summed E-state index contributed by atoms with van der Waals surface area (Å²) in [5, 5.41) is 11.6. The monoisotopic (exact) mass is 904 g/mol. The first-order valence-corrected chi connectivity index (χ1v) is 23.1. The Labute approximate surface area is 371 Å². The summed E-state index contributed by atoms with van der Waals surface area (Å²) >= 11 is 12.6. The molecule has 1 aliphatic heterocycles. The van der Waals surface area contributed by atoms with E-state index in [1.165, 1.54) is 22.9 Å². The number of rotatable bonds is 12. The smallest absolute Gasteiger partial charge is 0.268 e. The largest absolute Gasteiger partial charge is 0.473 e. The van der Waals surface area contributed by atoms with Gasteiger partial charge in [-0.25, -0.2) is 27.5 Å². The number of hydrogen-bond acceptors (Lipinski definition) is 10. The zero-order valence-electron chi connectivity index (χ0n) is 35.0. The number of anilines is 1. The standard InChI is InChI=1S/C46H51Cl2FN6O6S/c1-44(2)12-10-32(38(25-44)30-4-6-33(47)7-5-30)28-54-18-20-55(21-19-54)34-8-9-37(40(23-34)61-35-22-31-11-17-50-41(31)51-26-35)42(56)53-62(58,59)36-24-39(48)43(52-27-36)60-29-46(49)15-13-45(3,57)14-16-46/h4-9,11,17,22-24,26-27,57H,10,12-16,18-21,25,28-29H2,1-3H3,(H,50,51)(H,53,56). The summed E-state index contributed by atoms with van der Waals surface area (Å²) in [5.41, 5.74) is 3.18. The molecule has 0 atom stereocenters. The van der Waals surface area contributed by atoms with Gasteiger partial charge in [0.05, 0.1) is 23.6 Å². The first-order chi connectivity index (χ1) is 29.4. The van der Waals surface area contributed by atoms with Crippen molar-refractivity contribution >= 4 is 61.4 Å². The molecule has 0 spiro atoms. The maximum Gasteiger partial charge on any atom is 0.268 e. The third-order valence-corrected chi connectivity index (χ3v) is 14.2. The number of aliphatic hydroxyl groups is 1. The molecule has 62 heavy (non-hydrogen) atoms. The van der Waals surface area contributed by atoms with Crippen molar-refractivity contribution in [1.29, 1.82) is 0 Å². The zero-order valence-corrected chi connectivity index (χ0v) is 37.3. The van der Waals surface area contributed by atoms with Crippen molar-refractivity contribution < 1.29 is 32.2 Å². The van der Waals surface area contributed by atoms with Gasteiger partial charge in [0.2, 0.25) is 5.88 Å². The fourth-order valence-electron chi connectivity index (χ4n) is 8.46. The van der Waals surface area contributed by atoms with Crippen LogP contribution in [-0.4, -0.2) is 89.9 Å². The maximum absolute atomic E-state index is 15.4. The molecule has 4 heterocycles. The lowest BCUT2D eigenvalue weighted by molar-refractivity contribution is -0.0483. The highest BCUT2D eigenvalue weighted by Gasteiger charge is 2.41. The summed E-state index contributed by atoms with van der Waals surface area (Å²) in [6.07, 6.45) is 8.24. The van der Waals surface area contributed by atoms with Crippen LogP contribution in [0.25, 0.3) is 16.6 Å². The van der Waals surface area contributed by atoms with Gasteiger partial charge in [-0.3, -0.25) is 9.69 Å². The van der Waals surface area contributed by atoms with E-state index < -0.39 is 27.2 Å². The predicted molar refractivity (Wildman–Crippen MR) is 240 cm³/mol. The van der Waals surface area contributed by atoms with E-state index >= 15 is 4.39 Å². The van der Waals surface area contributed by atoms with Crippen molar-refractivity contribution in [2.24, 2.45) is 5.41 Å². The lowest BCUT2D eigenvalue weighted by atomic mass is 9.72. The first kappa shape index (κ1) is 43.9. The van der Waals surface area contributed by atoms with Crippen LogP contribution in [0.15, 0.2) is 89.7 Å². The predicted octanol–water partition coefficient (Wildman–Crippen LogP) is 9.37. The maximum atomic E-state index is 15.4. The van der Waals surface area contributed by atoms with Gasteiger partial charge in [0.15, 0.2) is 0 Å². The second-order valence-electron chi connectivity index (χ2n) is 17.9. The molecule has 2 aliphatic carbocycles. The van der Waals surface area contributed by atoms with Crippen LogP contribution < -0.4 is 19.1 Å². The quantitative estimate of drug-likeness (QED) is 0.111. The van der Waals surface area contributed by atoms with Crippen LogP contribution in [0.3, 0.4) is 0 Å². The van der Waals surface area contributed by atoms with Gasteiger partial charge in [-0.2, -0.15) is 0 Å². The highest BCUT2D eigenvalue weighted by Crippen LogP contribution is 2.44. The molecular weight excluding hydrogens is 855 g/mol. The van der Waals surface area contributed by atoms with E-state index in [1.807, 2.05) is 18.2 Å². The number of nitrogens with zero attached hydrogens (tertiary/aromatic N) is 4. The molecule has 3 aliphatic rings. The number of allylic oxidation sites excluding steroid dienone is 1. The number of fused-ring (bicyclic) bond motifs is 1. The summed E-state index contributed by atoms with van der Waals surface area (Å²) in [6, 6.07) is 18.0. The van der Waals surface area contributed by atoms with E-state index in [2.05, 4.69) is 55.5 Å². The van der Waals surface area contributed by atoms with Gasteiger partial charge in [0.25, 0.3) is 15.9 Å². The van der Waals surface area contributed by atoms with Gasteiger partial charge in [-0.05, 0) is 111 Å². The van der Waals surface area contributed by atoms with Crippen molar-refractivity contribution in [1.82, 2.24) is 24.6 Å². The normalized spacial score (nSPS) is 22.1. The molecule has 5 aromatic rings. The number of aromatic amines is 1. The fourth-order valence-corrected chi connectivity index (χ4v) is 9.80. The van der Waals surface area contributed by atoms with Crippen LogP contribution in [0.4, 0.5) is 10.1 Å². The molecule has 0 radical (unpaired) electrons. The molecule has 1 saturated heterocycles. The number of sulfonamides is 1. The minimum Gasteiger partial charge on any atom is -0.473 e. The summed E-state index contributed by atoms with van der Waals surface area (Å²) < 4.78 is 56.6. The Hall–Kier alpha value is -4.73. The SMILES string of the molecule is CC1(C)CCC(CN2CCN(c3ccc(C(=O)NS(=O)(=O)c4cnc(OCC5(F)CCC(C)(O)CC5)c(Cl)c4)c(Oc4cnc5[nH]ccc5c4)c3)CC2)=C(c2ccc(Cl)cc2)C1. The van der Waals surface area contributed by atoms with Gasteiger partial charge < -0.3 is 24.5 Å². The molecule has 2 aromatic carbocycles. The third-order valence-electron chi connectivity index (χ3n) is 12.4. The number of H-pyrrole nitrogens is 1. The molecule has 1 saturated carbocycles. The van der Waals surface area contributed by atoms with Gasteiger partial charge in [-0.1, -0.05) is 54.8 Å². The number of ether oxygens (including phenoxy) is 2. The van der Waals surface area contributed by atoms with Gasteiger partial charge in [0, 0.05) is 61.1 Å². The van der Waals surface area contributed by atoms with Crippen LogP contribution in [-0.2, 0) is 10.0 Å². The van der Waals surface area contributed by atoms with Crippen LogP contribution in [0.5, 0.6) is 17.4 Å². The number of halogens is 3. The molecule has 8 rings (SSSR count). The van der Waals surface area contributed by atoms with E-state index in [9.17, 15) is 18.3 Å². The molecule has 0 bridgehead atoms. The second kappa shape index (κ2) is 17.4. The van der Waals surface area contributed by atoms with E-state index in [0.717, 1.165) is 80.3 Å². The Kier molecular flexibility index (Phi) is 12.4. The molecule has 0 unspecified atom stereocenters. The number of alkyl halides is 1. The van der Waals surface area contributed by atoms with Crippen LogP contribution in [0, 0.1) is 5.41 Å². The molecule has 328 valence electrons. The Bertz CT molecular complexity index is 2600. The number of nitrogens with one attached hydrogen (secondary N) is 2. The Balaban J connectivity index is 0.977. The molecule has 16 heteroatoms. The van der Waals surface area contributed by atoms with Crippen LogP contribution in [0.2, 0.25) is 10.0 Å². The molecule has 3 N–H and O–H groups in total. The zero-order chi connectivity index (χ0) is 43.9. The molecule has 3 aromatic heterocycles. The van der Waals surface area contributed by atoms with Crippen molar-refractivity contribution in [2.75, 3.05) is 44.2 Å². The highest BCUT2D eigenvalue weighted by atomic mass is 35.5. The Morgan fingerprint density at radius 2 is 1.68 bits per heavy atom. The van der Waals surface area contributed by atoms with Crippen LogP contribution >= 0.6 is 23.2 Å². The summed E-state index contributed by atoms with van der Waals surface area (Å²) in [5.74, 6) is -0.585. The van der Waals surface area contributed by atoms with Crippen LogP contribution in [0.1, 0.15) is 81.6 Å². The topological polar surface area (TPSA) is 150 Å². The number of carbonyl (C=O) groups is 1. The lowest BCUT2D eigenvalue weighted by Crippen LogP contribution is -2.47. The van der Waals surface area contributed by atoms with E-state index in [0.29, 0.717) is 11.4 Å². The first-order valence-electron chi connectivity index (χ1n) is 20.9. The minimum atomic E-state index is -4.50. The molecular formula is C46H51Cl2FN6O6S.